The average molecular weight is 400 g/mol. The Labute approximate surface area is 170 Å². The number of thioether (sulfide) groups is 1. The topological polar surface area (TPSA) is 47.2 Å². The van der Waals surface area contributed by atoms with Gasteiger partial charge in [0.05, 0.1) is 23.4 Å². The SMILES string of the molecule is CCc1cn2cccc2c(N2CC[C@H](N3C=CSC3N3CCC(O)CC3)C2)n1. The molecule has 1 N–H and O–H groups in total. The maximum absolute atomic E-state index is 9.84. The van der Waals surface area contributed by atoms with Crippen LogP contribution in [-0.2, 0) is 6.42 Å². The van der Waals surface area contributed by atoms with Crippen molar-refractivity contribution in [3.05, 3.63) is 41.8 Å². The fraction of sp³-hybridized carbons (Fsp3) is 0.571. The highest BCUT2D eigenvalue weighted by molar-refractivity contribution is 8.02. The number of hydrogen-bond donors (Lipinski definition) is 1. The van der Waals surface area contributed by atoms with Gasteiger partial charge in [-0.15, -0.1) is 0 Å². The number of aliphatic hydroxyl groups excluding tert-OH is 1. The maximum Gasteiger partial charge on any atom is 0.153 e. The summed E-state index contributed by atoms with van der Waals surface area (Å²) in [6.45, 7) is 6.20. The summed E-state index contributed by atoms with van der Waals surface area (Å²) in [5.74, 6) is 1.13. The molecule has 3 aliphatic heterocycles. The van der Waals surface area contributed by atoms with E-state index in [2.05, 4.69) is 62.2 Å². The molecule has 2 aromatic heterocycles. The third kappa shape index (κ3) is 3.29. The van der Waals surface area contributed by atoms with Crippen LogP contribution in [0.1, 0.15) is 31.9 Å². The van der Waals surface area contributed by atoms with E-state index in [0.29, 0.717) is 11.5 Å². The summed E-state index contributed by atoms with van der Waals surface area (Å²) in [5.41, 5.74) is 2.72. The molecule has 2 fully saturated rings. The molecule has 7 heteroatoms. The van der Waals surface area contributed by atoms with Crippen LogP contribution in [0.5, 0.6) is 0 Å². The summed E-state index contributed by atoms with van der Waals surface area (Å²) < 4.78 is 2.21. The molecule has 2 atom stereocenters. The molecule has 3 aliphatic rings. The Kier molecular flexibility index (Phi) is 4.99. The lowest BCUT2D eigenvalue weighted by atomic mass is 10.1. The number of aromatic nitrogens is 2. The van der Waals surface area contributed by atoms with E-state index in [9.17, 15) is 5.11 Å². The molecule has 0 bridgehead atoms. The van der Waals surface area contributed by atoms with Crippen LogP contribution < -0.4 is 4.90 Å². The van der Waals surface area contributed by atoms with Crippen LogP contribution in [-0.4, -0.2) is 68.1 Å². The van der Waals surface area contributed by atoms with Gasteiger partial charge in [0, 0.05) is 44.8 Å². The Bertz CT molecular complexity index is 860. The molecule has 6 nitrogen and oxygen atoms in total. The van der Waals surface area contributed by atoms with Gasteiger partial charge >= 0.3 is 0 Å². The van der Waals surface area contributed by atoms with Crippen molar-refractivity contribution in [1.82, 2.24) is 19.2 Å². The molecule has 2 saturated heterocycles. The lowest BCUT2D eigenvalue weighted by Gasteiger charge is -2.40. The molecule has 5 heterocycles. The first-order chi connectivity index (χ1) is 13.7. The van der Waals surface area contributed by atoms with Gasteiger partial charge in [0.1, 0.15) is 5.50 Å². The van der Waals surface area contributed by atoms with E-state index in [1.54, 1.807) is 0 Å². The predicted octanol–water partition coefficient (Wildman–Crippen LogP) is 2.74. The monoisotopic (exact) mass is 399 g/mol. The predicted molar refractivity (Wildman–Crippen MR) is 114 cm³/mol. The number of fused-ring (bicyclic) bond motifs is 1. The Hall–Kier alpha value is -1.70. The molecular weight excluding hydrogens is 370 g/mol. The van der Waals surface area contributed by atoms with E-state index in [0.717, 1.165) is 63.4 Å². The Morgan fingerprint density at radius 1 is 1.21 bits per heavy atom. The van der Waals surface area contributed by atoms with Gasteiger partial charge in [-0.1, -0.05) is 18.7 Å². The summed E-state index contributed by atoms with van der Waals surface area (Å²) in [4.78, 5) is 12.5. The van der Waals surface area contributed by atoms with E-state index < -0.39 is 0 Å². The number of nitrogens with zero attached hydrogens (tertiary/aromatic N) is 5. The van der Waals surface area contributed by atoms with Gasteiger partial charge in [0.25, 0.3) is 0 Å². The minimum atomic E-state index is -0.118. The number of hydrogen-bond acceptors (Lipinski definition) is 6. The Morgan fingerprint density at radius 2 is 2.07 bits per heavy atom. The Morgan fingerprint density at radius 3 is 2.89 bits per heavy atom. The zero-order valence-electron chi connectivity index (χ0n) is 16.4. The quantitative estimate of drug-likeness (QED) is 0.853. The fourth-order valence-corrected chi connectivity index (χ4v) is 5.78. The summed E-state index contributed by atoms with van der Waals surface area (Å²) in [5, 5.41) is 12.1. The first kappa shape index (κ1) is 18.3. The smallest absolute Gasteiger partial charge is 0.153 e. The number of anilines is 1. The second-order valence-corrected chi connectivity index (χ2v) is 9.03. The van der Waals surface area contributed by atoms with Crippen molar-refractivity contribution in [2.45, 2.75) is 50.3 Å². The standard InChI is InChI=1S/C21H29N5OS/c1-2-16-14-24-8-3-4-19(24)20(22-16)25-9-5-17(15-25)26-12-13-28-21(26)23-10-6-18(27)7-11-23/h3-4,8,12-14,17-18,21,27H,2,5-7,9-11,15H2,1H3/t17-,21?/m0/s1. The van der Waals surface area contributed by atoms with Crippen LogP contribution >= 0.6 is 11.8 Å². The molecule has 0 radical (unpaired) electrons. The van der Waals surface area contributed by atoms with Crippen LogP contribution in [0.3, 0.4) is 0 Å². The van der Waals surface area contributed by atoms with Crippen LogP contribution in [0.4, 0.5) is 5.82 Å². The molecule has 0 amide bonds. The average Bonchev–Trinajstić information content (AvgIpc) is 3.46. The first-order valence-electron chi connectivity index (χ1n) is 10.5. The van der Waals surface area contributed by atoms with Gasteiger partial charge in [0.15, 0.2) is 5.82 Å². The van der Waals surface area contributed by atoms with Gasteiger partial charge in [0.2, 0.25) is 0 Å². The largest absolute Gasteiger partial charge is 0.393 e. The second kappa shape index (κ2) is 7.61. The zero-order valence-corrected chi connectivity index (χ0v) is 17.3. The van der Waals surface area contributed by atoms with Crippen LogP contribution in [0.2, 0.25) is 0 Å². The molecule has 0 aliphatic carbocycles. The van der Waals surface area contributed by atoms with Crippen molar-refractivity contribution >= 4 is 23.1 Å². The molecule has 0 aromatic carbocycles. The number of likely N-dealkylation sites (tertiary alicyclic amines) is 1. The van der Waals surface area contributed by atoms with Crippen molar-refractivity contribution in [3.8, 4) is 0 Å². The van der Waals surface area contributed by atoms with Crippen molar-refractivity contribution < 1.29 is 5.11 Å². The van der Waals surface area contributed by atoms with E-state index >= 15 is 0 Å². The van der Waals surface area contributed by atoms with Gasteiger partial charge in [-0.3, -0.25) is 4.90 Å². The van der Waals surface area contributed by atoms with Crippen LogP contribution in [0, 0.1) is 0 Å². The third-order valence-corrected chi connectivity index (χ3v) is 7.36. The van der Waals surface area contributed by atoms with E-state index in [1.165, 1.54) is 5.52 Å². The van der Waals surface area contributed by atoms with Crippen LogP contribution in [0.15, 0.2) is 36.1 Å². The minimum absolute atomic E-state index is 0.118. The van der Waals surface area contributed by atoms with Gasteiger partial charge in [-0.25, -0.2) is 4.98 Å². The summed E-state index contributed by atoms with van der Waals surface area (Å²) in [6.07, 6.45) is 10.3. The highest BCUT2D eigenvalue weighted by Gasteiger charge is 2.37. The molecule has 0 spiro atoms. The first-order valence-corrected chi connectivity index (χ1v) is 11.4. The number of aliphatic hydroxyl groups is 1. The molecular formula is C21H29N5OS. The minimum Gasteiger partial charge on any atom is -0.393 e. The second-order valence-electron chi connectivity index (χ2n) is 8.06. The number of aryl methyl sites for hydroxylation is 1. The lowest BCUT2D eigenvalue weighted by Crippen LogP contribution is -2.50. The fourth-order valence-electron chi connectivity index (χ4n) is 4.66. The van der Waals surface area contributed by atoms with Gasteiger partial charge in [-0.2, -0.15) is 0 Å². The van der Waals surface area contributed by atoms with E-state index in [4.69, 9.17) is 4.98 Å². The number of piperidine rings is 1. The van der Waals surface area contributed by atoms with Gasteiger partial charge in [-0.05, 0) is 43.2 Å². The highest BCUT2D eigenvalue weighted by atomic mass is 32.2. The molecule has 150 valence electrons. The molecule has 0 saturated carbocycles. The third-order valence-electron chi connectivity index (χ3n) is 6.29. The lowest BCUT2D eigenvalue weighted by molar-refractivity contribution is 0.0420. The Balaban J connectivity index is 1.33. The van der Waals surface area contributed by atoms with E-state index in [-0.39, 0.29) is 6.10 Å². The summed E-state index contributed by atoms with van der Waals surface area (Å²) >= 11 is 1.90. The van der Waals surface area contributed by atoms with Crippen molar-refractivity contribution in [2.24, 2.45) is 0 Å². The molecule has 1 unspecified atom stereocenters. The molecule has 2 aromatic rings. The van der Waals surface area contributed by atoms with Crippen molar-refractivity contribution in [3.63, 3.8) is 0 Å². The highest BCUT2D eigenvalue weighted by Crippen LogP contribution is 2.35. The van der Waals surface area contributed by atoms with Crippen LogP contribution in [0.25, 0.3) is 5.52 Å². The zero-order chi connectivity index (χ0) is 19.1. The normalized spacial score (nSPS) is 26.8. The van der Waals surface area contributed by atoms with Gasteiger partial charge < -0.3 is 19.3 Å². The summed E-state index contributed by atoms with van der Waals surface area (Å²) in [7, 11) is 0. The molecule has 5 rings (SSSR count). The molecule has 28 heavy (non-hydrogen) atoms. The number of rotatable bonds is 4. The van der Waals surface area contributed by atoms with Crippen molar-refractivity contribution in [2.75, 3.05) is 31.1 Å². The van der Waals surface area contributed by atoms with Crippen molar-refractivity contribution in [1.29, 1.82) is 0 Å². The summed E-state index contributed by atoms with van der Waals surface area (Å²) in [6, 6.07) is 4.78. The van der Waals surface area contributed by atoms with E-state index in [1.807, 2.05) is 11.8 Å². The maximum atomic E-state index is 9.84.